The number of carbonyl (C=O) groups is 1. The molecule has 0 saturated heterocycles. The van der Waals surface area contributed by atoms with Gasteiger partial charge in [0.2, 0.25) is 5.88 Å². The van der Waals surface area contributed by atoms with Crippen LogP contribution in [0.2, 0.25) is 0 Å². The van der Waals surface area contributed by atoms with Gasteiger partial charge in [-0.2, -0.15) is 15.3 Å². The fourth-order valence-electron chi connectivity index (χ4n) is 3.25. The third-order valence-electron chi connectivity index (χ3n) is 5.15. The maximum absolute atomic E-state index is 10.4. The highest BCUT2D eigenvalue weighted by molar-refractivity contribution is 9.10. The molecule has 0 aliphatic heterocycles. The van der Waals surface area contributed by atoms with Gasteiger partial charge in [0.15, 0.2) is 6.29 Å². The molecule has 10 heteroatoms. The van der Waals surface area contributed by atoms with Gasteiger partial charge in [-0.15, -0.1) is 0 Å². The first kappa shape index (κ1) is 28.0. The van der Waals surface area contributed by atoms with E-state index in [0.717, 1.165) is 56.6 Å². The van der Waals surface area contributed by atoms with Crippen LogP contribution in [-0.2, 0) is 14.1 Å². The first-order chi connectivity index (χ1) is 16.8. The van der Waals surface area contributed by atoms with E-state index in [2.05, 4.69) is 53.9 Å². The minimum Gasteiger partial charge on any atom is -0.476 e. The first-order valence-corrected chi connectivity index (χ1v) is 12.1. The predicted octanol–water partition coefficient (Wildman–Crippen LogP) is 4.88. The molecule has 0 aliphatic rings. The zero-order valence-corrected chi connectivity index (χ0v) is 23.0. The van der Waals surface area contributed by atoms with Crippen LogP contribution in [0.3, 0.4) is 0 Å². The van der Waals surface area contributed by atoms with E-state index in [-0.39, 0.29) is 0 Å². The molecule has 3 heterocycles. The lowest BCUT2D eigenvalue weighted by molar-refractivity contribution is 0.111. The topological polar surface area (TPSA) is 93.9 Å². The van der Waals surface area contributed by atoms with Crippen molar-refractivity contribution in [1.29, 1.82) is 0 Å². The van der Waals surface area contributed by atoms with Crippen molar-refractivity contribution in [3.63, 3.8) is 0 Å². The van der Waals surface area contributed by atoms with Gasteiger partial charge in [-0.25, -0.2) is 4.68 Å². The van der Waals surface area contributed by atoms with Gasteiger partial charge in [0, 0.05) is 31.6 Å². The second-order valence-corrected chi connectivity index (χ2v) is 8.51. The largest absolute Gasteiger partial charge is 0.476 e. The molecule has 0 bridgehead atoms. The number of nitrogens with one attached hydrogen (secondary N) is 1. The van der Waals surface area contributed by atoms with Crippen molar-refractivity contribution < 1.29 is 9.53 Å². The highest BCUT2D eigenvalue weighted by Gasteiger charge is 2.14. The molecule has 0 radical (unpaired) electrons. The number of rotatable bonds is 7. The van der Waals surface area contributed by atoms with Crippen LogP contribution in [0.4, 0.5) is 0 Å². The summed E-state index contributed by atoms with van der Waals surface area (Å²) in [5.41, 5.74) is 5.37. The van der Waals surface area contributed by atoms with E-state index >= 15 is 0 Å². The Bertz CT molecular complexity index is 1270. The van der Waals surface area contributed by atoms with Crippen molar-refractivity contribution in [2.45, 2.75) is 20.8 Å². The van der Waals surface area contributed by atoms with Crippen LogP contribution in [0, 0.1) is 6.92 Å². The zero-order valence-electron chi connectivity index (χ0n) is 21.5. The summed E-state index contributed by atoms with van der Waals surface area (Å²) in [5.74, 6) is 0.773. The summed E-state index contributed by atoms with van der Waals surface area (Å²) < 4.78 is 9.98. The average molecular weight is 544 g/mol. The maximum Gasteiger partial charge on any atom is 0.219 e. The average Bonchev–Trinajstić information content (AvgIpc) is 3.50. The van der Waals surface area contributed by atoms with Crippen molar-refractivity contribution in [1.82, 2.24) is 34.7 Å². The molecule has 4 rings (SSSR count). The normalized spacial score (nSPS) is 10.4. The molecule has 0 atom stereocenters. The van der Waals surface area contributed by atoms with E-state index < -0.39 is 0 Å². The Balaban J connectivity index is 0.000000302. The monoisotopic (exact) mass is 543 g/mol. The van der Waals surface area contributed by atoms with Crippen molar-refractivity contribution in [3.05, 3.63) is 52.5 Å². The molecule has 0 amide bonds. The number of hydrogen-bond acceptors (Lipinski definition) is 6. The minimum atomic E-state index is 0.616. The lowest BCUT2D eigenvalue weighted by atomic mass is 10.1. The number of aryl methyl sites for hydroxylation is 2. The molecule has 9 nitrogen and oxygen atoms in total. The number of aromatic amines is 1. The Morgan fingerprint density at radius 3 is 2.49 bits per heavy atom. The lowest BCUT2D eigenvalue weighted by Crippen LogP contribution is -2.20. The first-order valence-electron chi connectivity index (χ1n) is 11.3. The van der Waals surface area contributed by atoms with Gasteiger partial charge < -0.3 is 9.64 Å². The summed E-state index contributed by atoms with van der Waals surface area (Å²) in [6, 6.07) is 6.15. The molecule has 35 heavy (non-hydrogen) atoms. The molecule has 0 unspecified atom stereocenters. The Kier molecular flexibility index (Phi) is 10.4. The van der Waals surface area contributed by atoms with E-state index in [1.165, 1.54) is 0 Å². The number of aromatic nitrogens is 6. The van der Waals surface area contributed by atoms with Crippen LogP contribution in [0.5, 0.6) is 5.88 Å². The van der Waals surface area contributed by atoms with Crippen molar-refractivity contribution in [2.75, 3.05) is 27.2 Å². The van der Waals surface area contributed by atoms with Gasteiger partial charge in [-0.3, -0.25) is 14.6 Å². The van der Waals surface area contributed by atoms with Crippen LogP contribution < -0.4 is 4.74 Å². The summed E-state index contributed by atoms with van der Waals surface area (Å²) in [5, 5.41) is 16.6. The molecule has 0 saturated carbocycles. The number of fused-ring (bicyclic) bond motifs is 1. The molecule has 0 aliphatic carbocycles. The van der Waals surface area contributed by atoms with E-state index in [1.807, 2.05) is 60.2 Å². The third-order valence-corrected chi connectivity index (χ3v) is 5.90. The molecule has 3 aromatic heterocycles. The highest BCUT2D eigenvalue weighted by Crippen LogP contribution is 2.32. The number of likely N-dealkylation sites (N-methyl/N-ethyl adjacent to an activating group) is 1. The summed E-state index contributed by atoms with van der Waals surface area (Å²) in [4.78, 5) is 12.5. The van der Waals surface area contributed by atoms with E-state index in [4.69, 9.17) is 4.74 Å². The summed E-state index contributed by atoms with van der Waals surface area (Å²) in [6.45, 7) is 11.1. The number of benzene rings is 1. The molecular weight excluding hydrogens is 510 g/mol. The van der Waals surface area contributed by atoms with Crippen molar-refractivity contribution >= 4 is 39.2 Å². The second-order valence-electron chi connectivity index (χ2n) is 7.75. The molecule has 188 valence electrons. The zero-order chi connectivity index (χ0) is 26.1. The van der Waals surface area contributed by atoms with Gasteiger partial charge in [0.25, 0.3) is 0 Å². The van der Waals surface area contributed by atoms with Gasteiger partial charge in [0.1, 0.15) is 16.9 Å². The Hall–Kier alpha value is -3.24. The standard InChI is InChI=1S/C17H21N5O.C6H7BrN2O.C2H6/c1-5-15-13-10-12(6-7-16(13)20-19-15)14-11-18-22(4)17(14)23-9-8-21(2)3;1-4-5(3-10)9(2)8-6(4)7;1-2/h5-7,10-11H,1,8-9H2,2-4H3,(H,19,20);3H,1-2H3;1-2H3. The fourth-order valence-corrected chi connectivity index (χ4v) is 3.69. The van der Waals surface area contributed by atoms with E-state index in [0.29, 0.717) is 12.3 Å². The molecule has 4 aromatic rings. The van der Waals surface area contributed by atoms with Crippen LogP contribution in [0.15, 0.2) is 35.6 Å². The van der Waals surface area contributed by atoms with Gasteiger partial charge in [0.05, 0.1) is 23.0 Å². The summed E-state index contributed by atoms with van der Waals surface area (Å²) >= 11 is 3.22. The van der Waals surface area contributed by atoms with E-state index in [1.54, 1.807) is 22.5 Å². The van der Waals surface area contributed by atoms with Crippen LogP contribution in [0.1, 0.15) is 35.6 Å². The fraction of sp³-hybridized carbons (Fsp3) is 0.360. The molecule has 1 N–H and O–H groups in total. The van der Waals surface area contributed by atoms with Gasteiger partial charge in [-0.05, 0) is 60.7 Å². The van der Waals surface area contributed by atoms with Gasteiger partial charge in [-0.1, -0.05) is 26.5 Å². The number of halogens is 1. The molecule has 0 spiro atoms. The maximum atomic E-state index is 10.4. The van der Waals surface area contributed by atoms with E-state index in [9.17, 15) is 4.79 Å². The Morgan fingerprint density at radius 2 is 1.94 bits per heavy atom. The molecule has 0 fully saturated rings. The van der Waals surface area contributed by atoms with Crippen LogP contribution in [0.25, 0.3) is 28.1 Å². The number of ether oxygens (including phenoxy) is 1. The van der Waals surface area contributed by atoms with Crippen LogP contribution >= 0.6 is 15.9 Å². The highest BCUT2D eigenvalue weighted by atomic mass is 79.9. The van der Waals surface area contributed by atoms with Gasteiger partial charge >= 0.3 is 0 Å². The number of carbonyl (C=O) groups excluding carboxylic acids is 1. The SMILES string of the molecule is C=Cc1n[nH]c2ccc(-c3cnn(C)c3OCCN(C)C)cc12.CC.Cc1c(Br)nn(C)c1C=O. The quantitative estimate of drug-likeness (QED) is 0.334. The molecule has 1 aromatic carbocycles. The Morgan fingerprint density at radius 1 is 1.23 bits per heavy atom. The smallest absolute Gasteiger partial charge is 0.219 e. The minimum absolute atomic E-state index is 0.616. The van der Waals surface area contributed by atoms with Crippen LogP contribution in [-0.4, -0.2) is 68.2 Å². The number of aldehydes is 1. The summed E-state index contributed by atoms with van der Waals surface area (Å²) in [7, 11) is 7.68. The van der Waals surface area contributed by atoms with Crippen molar-refractivity contribution in [3.8, 4) is 17.0 Å². The van der Waals surface area contributed by atoms with Crippen molar-refractivity contribution in [2.24, 2.45) is 14.1 Å². The Labute approximate surface area is 214 Å². The number of hydrogen-bond donors (Lipinski definition) is 1. The third kappa shape index (κ3) is 6.67. The second kappa shape index (κ2) is 13.0. The summed E-state index contributed by atoms with van der Waals surface area (Å²) in [6.07, 6.45) is 4.38. The number of H-pyrrole nitrogens is 1. The predicted molar refractivity (Wildman–Crippen MR) is 145 cm³/mol. The number of nitrogens with zero attached hydrogens (tertiary/aromatic N) is 6. The molecular formula is C25H34BrN7O2. The lowest BCUT2D eigenvalue weighted by Gasteiger charge is -2.12.